The molecule has 2 aromatic rings. The standard InChI is InChI=1S/C34H40ClN3O5S/c1-6-17-36(23-13-15-24(16-14-23)43-8-3)31(40)28-27-19-21(4)34(44-27)29(28)32(41)38(22(5)20-39)30(34)33(42)37(18-7-2)26-12-10-9-11-25(26)35/h6-7,9-16,21-22,27-30,39H,1-2,8,17-20H2,3-5H3/t21?,22-,27+,28-,29+,30?,34?/m1/s1. The zero-order chi connectivity index (χ0) is 31.8. The first-order valence-corrected chi connectivity index (χ1v) is 16.3. The van der Waals surface area contributed by atoms with Crippen molar-refractivity contribution in [3.8, 4) is 5.75 Å². The Hall–Kier alpha value is -3.27. The number of hydrogen-bond donors (Lipinski definition) is 1. The lowest BCUT2D eigenvalue weighted by Gasteiger charge is -2.42. The van der Waals surface area contributed by atoms with E-state index in [0.29, 0.717) is 35.2 Å². The summed E-state index contributed by atoms with van der Waals surface area (Å²) in [6.07, 6.45) is 3.99. The number of carbonyl (C=O) groups excluding carboxylic acids is 3. The van der Waals surface area contributed by atoms with Gasteiger partial charge in [-0.15, -0.1) is 24.9 Å². The van der Waals surface area contributed by atoms with E-state index >= 15 is 0 Å². The number of amides is 3. The lowest BCUT2D eigenvalue weighted by Crippen LogP contribution is -2.59. The number of hydrogen-bond acceptors (Lipinski definition) is 6. The van der Waals surface area contributed by atoms with E-state index in [2.05, 4.69) is 20.1 Å². The first-order chi connectivity index (χ1) is 21.2. The van der Waals surface area contributed by atoms with Crippen molar-refractivity contribution in [2.75, 3.05) is 36.1 Å². The molecule has 8 nitrogen and oxygen atoms in total. The van der Waals surface area contributed by atoms with Crippen LogP contribution in [0, 0.1) is 17.8 Å². The number of thioether (sulfide) groups is 1. The number of nitrogens with zero attached hydrogens (tertiary/aromatic N) is 3. The number of fused-ring (bicyclic) bond motifs is 1. The fourth-order valence-electron chi connectivity index (χ4n) is 7.36. The summed E-state index contributed by atoms with van der Waals surface area (Å²) >= 11 is 8.17. The molecule has 3 aliphatic heterocycles. The molecule has 1 N–H and O–H groups in total. The largest absolute Gasteiger partial charge is 0.494 e. The van der Waals surface area contributed by atoms with E-state index in [1.54, 1.807) is 63.7 Å². The van der Waals surface area contributed by atoms with E-state index in [0.717, 1.165) is 0 Å². The van der Waals surface area contributed by atoms with Gasteiger partial charge in [0.25, 0.3) is 5.91 Å². The number of ether oxygens (including phenoxy) is 1. The molecule has 3 amide bonds. The van der Waals surface area contributed by atoms with E-state index in [1.165, 1.54) is 0 Å². The summed E-state index contributed by atoms with van der Waals surface area (Å²) in [5.41, 5.74) is 1.20. The van der Waals surface area contributed by atoms with E-state index in [-0.39, 0.29) is 48.6 Å². The minimum Gasteiger partial charge on any atom is -0.494 e. The van der Waals surface area contributed by atoms with Crippen LogP contribution in [0.4, 0.5) is 11.4 Å². The molecule has 7 atom stereocenters. The summed E-state index contributed by atoms with van der Waals surface area (Å²) in [4.78, 5) is 48.6. The number of aliphatic hydroxyl groups is 1. The number of rotatable bonds is 12. The van der Waals surface area contributed by atoms with E-state index in [9.17, 15) is 19.5 Å². The average molecular weight is 638 g/mol. The number of halogens is 1. The van der Waals surface area contributed by atoms with Crippen LogP contribution in [0.25, 0.3) is 0 Å². The maximum Gasteiger partial charge on any atom is 0.251 e. The molecule has 2 aromatic carbocycles. The molecule has 3 fully saturated rings. The van der Waals surface area contributed by atoms with Gasteiger partial charge in [-0.05, 0) is 62.6 Å². The third-order valence-electron chi connectivity index (χ3n) is 9.20. The van der Waals surface area contributed by atoms with Gasteiger partial charge in [0.05, 0.1) is 46.5 Å². The quantitative estimate of drug-likeness (QED) is 0.322. The van der Waals surface area contributed by atoms with E-state index < -0.39 is 28.7 Å². The van der Waals surface area contributed by atoms with Crippen LogP contribution in [0.5, 0.6) is 5.75 Å². The lowest BCUT2D eigenvalue weighted by atomic mass is 9.65. The maximum absolute atomic E-state index is 14.8. The van der Waals surface area contributed by atoms with Gasteiger partial charge in [0.1, 0.15) is 11.8 Å². The number of para-hydroxylation sites is 1. The molecule has 1 spiro atoms. The summed E-state index contributed by atoms with van der Waals surface area (Å²) in [6.45, 7) is 14.1. The Morgan fingerprint density at radius 1 is 1.14 bits per heavy atom. The summed E-state index contributed by atoms with van der Waals surface area (Å²) in [6, 6.07) is 12.9. The molecular formula is C34H40ClN3O5S. The van der Waals surface area contributed by atoms with Crippen molar-refractivity contribution in [3.05, 3.63) is 78.9 Å². The van der Waals surface area contributed by atoms with Gasteiger partial charge in [-0.1, -0.05) is 42.8 Å². The third-order valence-corrected chi connectivity index (χ3v) is 11.6. The first-order valence-electron chi connectivity index (χ1n) is 15.1. The summed E-state index contributed by atoms with van der Waals surface area (Å²) in [7, 11) is 0. The van der Waals surface area contributed by atoms with Crippen LogP contribution in [0.3, 0.4) is 0 Å². The van der Waals surface area contributed by atoms with Crippen LogP contribution < -0.4 is 14.5 Å². The van der Waals surface area contributed by atoms with Crippen molar-refractivity contribution in [3.63, 3.8) is 0 Å². The number of carbonyl (C=O) groups is 3. The molecule has 0 aromatic heterocycles. The smallest absolute Gasteiger partial charge is 0.251 e. The van der Waals surface area contributed by atoms with Crippen molar-refractivity contribution in [2.45, 2.75) is 49.3 Å². The summed E-state index contributed by atoms with van der Waals surface area (Å²) in [5, 5.41) is 10.6. The van der Waals surface area contributed by atoms with Crippen LogP contribution in [0.1, 0.15) is 27.2 Å². The molecule has 3 aliphatic rings. The second-order valence-corrected chi connectivity index (χ2v) is 13.6. The molecule has 234 valence electrons. The molecule has 3 heterocycles. The lowest BCUT2D eigenvalue weighted by molar-refractivity contribution is -0.141. The van der Waals surface area contributed by atoms with Crippen LogP contribution >= 0.6 is 23.4 Å². The van der Waals surface area contributed by atoms with Crippen molar-refractivity contribution in [2.24, 2.45) is 17.8 Å². The molecule has 2 bridgehead atoms. The van der Waals surface area contributed by atoms with Crippen LogP contribution in [0.15, 0.2) is 73.8 Å². The highest BCUT2D eigenvalue weighted by Crippen LogP contribution is 2.69. The van der Waals surface area contributed by atoms with Crippen molar-refractivity contribution >= 4 is 52.5 Å². The van der Waals surface area contributed by atoms with Crippen LogP contribution in [0.2, 0.25) is 5.02 Å². The Labute approximate surface area is 268 Å². The van der Waals surface area contributed by atoms with Crippen LogP contribution in [-0.2, 0) is 14.4 Å². The minimum absolute atomic E-state index is 0.0319. The molecule has 5 rings (SSSR count). The molecule has 44 heavy (non-hydrogen) atoms. The average Bonchev–Trinajstić information content (AvgIpc) is 3.62. The molecule has 3 unspecified atom stereocenters. The molecule has 3 saturated heterocycles. The molecule has 0 aliphatic carbocycles. The summed E-state index contributed by atoms with van der Waals surface area (Å²) in [5.74, 6) is -1.44. The van der Waals surface area contributed by atoms with Gasteiger partial charge in [0, 0.05) is 24.0 Å². The SMILES string of the molecule is C=CCN(C(=O)[C@@H]1[C@@H]2CC(C)C3(S2)C(C(=O)N(CC=C)c2ccccc2Cl)N([C@H](C)CO)C(=O)[C@H]13)c1ccc(OCC)cc1. The van der Waals surface area contributed by atoms with Crippen molar-refractivity contribution in [1.82, 2.24) is 4.90 Å². The van der Waals surface area contributed by atoms with Gasteiger partial charge < -0.3 is 24.5 Å². The monoisotopic (exact) mass is 637 g/mol. The number of anilines is 2. The molecule has 10 heteroatoms. The maximum atomic E-state index is 14.8. The second kappa shape index (κ2) is 13.0. The van der Waals surface area contributed by atoms with Gasteiger partial charge in [-0.25, -0.2) is 0 Å². The zero-order valence-corrected chi connectivity index (χ0v) is 27.0. The minimum atomic E-state index is -0.903. The number of benzene rings is 2. The topological polar surface area (TPSA) is 90.4 Å². The predicted molar refractivity (Wildman–Crippen MR) is 176 cm³/mol. The van der Waals surface area contributed by atoms with E-state index in [1.807, 2.05) is 37.3 Å². The fraction of sp³-hybridized carbons (Fsp3) is 0.441. The normalized spacial score (nSPS) is 27.5. The van der Waals surface area contributed by atoms with Gasteiger partial charge in [0.15, 0.2) is 0 Å². The molecule has 0 saturated carbocycles. The molecule has 0 radical (unpaired) electrons. The second-order valence-electron chi connectivity index (χ2n) is 11.7. The van der Waals surface area contributed by atoms with Gasteiger partial charge in [0.2, 0.25) is 11.8 Å². The van der Waals surface area contributed by atoms with Crippen LogP contribution in [-0.4, -0.2) is 76.1 Å². The number of likely N-dealkylation sites (tertiary alicyclic amines) is 1. The Balaban J connectivity index is 1.58. The highest BCUT2D eigenvalue weighted by molar-refractivity contribution is 8.02. The highest BCUT2D eigenvalue weighted by atomic mass is 35.5. The Kier molecular flexibility index (Phi) is 9.49. The van der Waals surface area contributed by atoms with Gasteiger partial charge >= 0.3 is 0 Å². The Morgan fingerprint density at radius 2 is 1.80 bits per heavy atom. The van der Waals surface area contributed by atoms with Gasteiger partial charge in [-0.3, -0.25) is 14.4 Å². The highest BCUT2D eigenvalue weighted by Gasteiger charge is 2.77. The third kappa shape index (κ3) is 5.12. The zero-order valence-electron chi connectivity index (χ0n) is 25.4. The number of aliphatic hydroxyl groups excluding tert-OH is 1. The fourth-order valence-corrected chi connectivity index (χ4v) is 9.99. The van der Waals surface area contributed by atoms with Gasteiger partial charge in [-0.2, -0.15) is 0 Å². The van der Waals surface area contributed by atoms with Crippen molar-refractivity contribution < 1.29 is 24.2 Å². The Morgan fingerprint density at radius 3 is 2.41 bits per heavy atom. The first kappa shape index (κ1) is 32.1. The predicted octanol–water partition coefficient (Wildman–Crippen LogP) is 5.19. The molecular weight excluding hydrogens is 598 g/mol. The Bertz CT molecular complexity index is 1440. The van der Waals surface area contributed by atoms with E-state index in [4.69, 9.17) is 16.3 Å². The summed E-state index contributed by atoms with van der Waals surface area (Å²) < 4.78 is 4.73. The van der Waals surface area contributed by atoms with Crippen molar-refractivity contribution in [1.29, 1.82) is 0 Å².